The van der Waals surface area contributed by atoms with E-state index in [9.17, 15) is 9.59 Å². The van der Waals surface area contributed by atoms with Gasteiger partial charge < -0.3 is 14.2 Å². The maximum atomic E-state index is 12.6. The molecule has 0 N–H and O–H groups in total. The molecule has 3 aromatic rings. The van der Waals surface area contributed by atoms with E-state index in [-0.39, 0.29) is 6.61 Å². The Morgan fingerprint density at radius 1 is 0.614 bits per heavy atom. The van der Waals surface area contributed by atoms with Gasteiger partial charge in [0, 0.05) is 6.08 Å². The lowest BCUT2D eigenvalue weighted by atomic mass is 10.0. The van der Waals surface area contributed by atoms with E-state index < -0.39 is 11.9 Å². The average Bonchev–Trinajstić information content (AvgIpc) is 3.06. The van der Waals surface area contributed by atoms with Crippen molar-refractivity contribution in [2.45, 2.75) is 103 Å². The Morgan fingerprint density at radius 2 is 1.16 bits per heavy atom. The standard InChI is InChI=1S/C39H50O5/c1-2-3-4-5-6-7-8-9-10-11-12-13-14-18-31-42-36-28-24-35(25-29-36)39(41)44-37-26-21-33(22-27-37)23-30-38(40)43-32-34-19-16-15-17-20-34/h15-17,19-30H,2-14,18,31-32H2,1H3/b30-23+. The Kier molecular flexibility index (Phi) is 17.1. The zero-order valence-electron chi connectivity index (χ0n) is 26.5. The number of carbonyl (C=O) groups is 2. The first-order valence-corrected chi connectivity index (χ1v) is 16.6. The Labute approximate surface area is 264 Å². The summed E-state index contributed by atoms with van der Waals surface area (Å²) in [6, 6.07) is 23.5. The van der Waals surface area contributed by atoms with Crippen LogP contribution in [0.1, 0.15) is 118 Å². The first kappa shape index (κ1) is 34.6. The van der Waals surface area contributed by atoms with Crippen LogP contribution in [0.25, 0.3) is 6.08 Å². The summed E-state index contributed by atoms with van der Waals surface area (Å²) in [6.45, 7) is 3.19. The summed E-state index contributed by atoms with van der Waals surface area (Å²) in [4.78, 5) is 24.6. The molecule has 0 radical (unpaired) electrons. The number of esters is 2. The van der Waals surface area contributed by atoms with Crippen molar-refractivity contribution < 1.29 is 23.8 Å². The predicted octanol–water partition coefficient (Wildman–Crippen LogP) is 10.5. The van der Waals surface area contributed by atoms with E-state index in [4.69, 9.17) is 14.2 Å². The van der Waals surface area contributed by atoms with Crippen molar-refractivity contribution in [1.29, 1.82) is 0 Å². The van der Waals surface area contributed by atoms with Gasteiger partial charge in [-0.15, -0.1) is 0 Å². The van der Waals surface area contributed by atoms with Gasteiger partial charge in [0.2, 0.25) is 0 Å². The summed E-state index contributed by atoms with van der Waals surface area (Å²) < 4.78 is 16.6. The van der Waals surface area contributed by atoms with Gasteiger partial charge in [-0.05, 0) is 60.0 Å². The average molecular weight is 599 g/mol. The monoisotopic (exact) mass is 598 g/mol. The van der Waals surface area contributed by atoms with Crippen molar-refractivity contribution in [3.05, 3.63) is 102 Å². The topological polar surface area (TPSA) is 61.8 Å². The molecule has 0 aliphatic rings. The van der Waals surface area contributed by atoms with E-state index in [1.165, 1.54) is 89.5 Å². The molecule has 236 valence electrons. The second-order valence-electron chi connectivity index (χ2n) is 11.4. The minimum Gasteiger partial charge on any atom is -0.494 e. The van der Waals surface area contributed by atoms with Crippen molar-refractivity contribution >= 4 is 18.0 Å². The molecule has 5 nitrogen and oxygen atoms in total. The van der Waals surface area contributed by atoms with Crippen LogP contribution in [0.15, 0.2) is 84.9 Å². The van der Waals surface area contributed by atoms with Gasteiger partial charge in [-0.2, -0.15) is 0 Å². The third-order valence-electron chi connectivity index (χ3n) is 7.58. The van der Waals surface area contributed by atoms with Crippen molar-refractivity contribution in [2.24, 2.45) is 0 Å². The Hall–Kier alpha value is -3.86. The summed E-state index contributed by atoms with van der Waals surface area (Å²) in [6.07, 6.45) is 21.7. The highest BCUT2D eigenvalue weighted by Gasteiger charge is 2.09. The minimum absolute atomic E-state index is 0.228. The van der Waals surface area contributed by atoms with Crippen molar-refractivity contribution in [3.8, 4) is 11.5 Å². The van der Waals surface area contributed by atoms with Crippen LogP contribution in [0, 0.1) is 0 Å². The van der Waals surface area contributed by atoms with Crippen LogP contribution < -0.4 is 9.47 Å². The number of carbonyl (C=O) groups excluding carboxylic acids is 2. The van der Waals surface area contributed by atoms with E-state index in [1.54, 1.807) is 42.5 Å². The molecule has 0 aliphatic carbocycles. The largest absolute Gasteiger partial charge is 0.494 e. The lowest BCUT2D eigenvalue weighted by Gasteiger charge is -2.08. The highest BCUT2D eigenvalue weighted by molar-refractivity contribution is 5.91. The van der Waals surface area contributed by atoms with Crippen molar-refractivity contribution in [1.82, 2.24) is 0 Å². The van der Waals surface area contributed by atoms with Crippen molar-refractivity contribution in [3.63, 3.8) is 0 Å². The van der Waals surface area contributed by atoms with Crippen LogP contribution in [0.2, 0.25) is 0 Å². The van der Waals surface area contributed by atoms with Crippen LogP contribution in [-0.2, 0) is 16.1 Å². The molecule has 0 spiro atoms. The van der Waals surface area contributed by atoms with Gasteiger partial charge >= 0.3 is 11.9 Å². The fourth-order valence-electron chi connectivity index (χ4n) is 4.93. The molecular formula is C39H50O5. The summed E-state index contributed by atoms with van der Waals surface area (Å²) in [5, 5.41) is 0. The molecule has 0 saturated carbocycles. The second kappa shape index (κ2) is 21.8. The lowest BCUT2D eigenvalue weighted by molar-refractivity contribution is -0.138. The van der Waals surface area contributed by atoms with Gasteiger partial charge in [0.15, 0.2) is 0 Å². The van der Waals surface area contributed by atoms with Crippen LogP contribution in [-0.4, -0.2) is 18.5 Å². The maximum absolute atomic E-state index is 12.6. The first-order valence-electron chi connectivity index (χ1n) is 16.6. The third kappa shape index (κ3) is 15.0. The molecule has 0 aliphatic heterocycles. The van der Waals surface area contributed by atoms with Gasteiger partial charge in [-0.25, -0.2) is 9.59 Å². The Balaban J connectivity index is 1.23. The molecular weight excluding hydrogens is 548 g/mol. The molecule has 3 rings (SSSR count). The number of ether oxygens (including phenoxy) is 3. The number of hydrogen-bond acceptors (Lipinski definition) is 5. The van der Waals surface area contributed by atoms with Gasteiger partial charge in [0.25, 0.3) is 0 Å². The normalized spacial score (nSPS) is 11.0. The number of hydrogen-bond donors (Lipinski definition) is 0. The van der Waals surface area contributed by atoms with Gasteiger partial charge in [0.05, 0.1) is 12.2 Å². The molecule has 3 aromatic carbocycles. The summed E-state index contributed by atoms with van der Waals surface area (Å²) in [5.41, 5.74) is 2.18. The highest BCUT2D eigenvalue weighted by Crippen LogP contribution is 2.18. The minimum atomic E-state index is -0.434. The molecule has 0 aromatic heterocycles. The molecule has 0 atom stereocenters. The molecule has 0 amide bonds. The zero-order valence-corrected chi connectivity index (χ0v) is 26.5. The van der Waals surface area contributed by atoms with E-state index in [2.05, 4.69) is 6.92 Å². The fourth-order valence-corrected chi connectivity index (χ4v) is 4.93. The first-order chi connectivity index (χ1) is 21.6. The molecule has 0 bridgehead atoms. The number of unbranched alkanes of at least 4 members (excludes halogenated alkanes) is 13. The van der Waals surface area contributed by atoms with E-state index >= 15 is 0 Å². The lowest BCUT2D eigenvalue weighted by Crippen LogP contribution is -2.08. The number of benzene rings is 3. The van der Waals surface area contributed by atoms with Crippen molar-refractivity contribution in [2.75, 3.05) is 6.61 Å². The highest BCUT2D eigenvalue weighted by atomic mass is 16.5. The molecule has 0 fully saturated rings. The summed E-state index contributed by atoms with van der Waals surface area (Å²) >= 11 is 0. The quantitative estimate of drug-likeness (QED) is 0.0498. The fraction of sp³-hybridized carbons (Fsp3) is 0.436. The smallest absolute Gasteiger partial charge is 0.343 e. The van der Waals surface area contributed by atoms with Gasteiger partial charge in [-0.3, -0.25) is 0 Å². The third-order valence-corrected chi connectivity index (χ3v) is 7.58. The van der Waals surface area contributed by atoms with Crippen LogP contribution in [0.3, 0.4) is 0 Å². The summed E-state index contributed by atoms with van der Waals surface area (Å²) in [5.74, 6) is 0.333. The molecule has 0 saturated heterocycles. The number of rotatable bonds is 22. The zero-order chi connectivity index (χ0) is 31.1. The van der Waals surface area contributed by atoms with E-state index in [1.807, 2.05) is 42.5 Å². The van der Waals surface area contributed by atoms with E-state index in [0.29, 0.717) is 17.9 Å². The summed E-state index contributed by atoms with van der Waals surface area (Å²) in [7, 11) is 0. The molecule has 5 heteroatoms. The SMILES string of the molecule is CCCCCCCCCCCCCCCCOc1ccc(C(=O)Oc2ccc(/C=C/C(=O)OCc3ccccc3)cc2)cc1. The second-order valence-corrected chi connectivity index (χ2v) is 11.4. The maximum Gasteiger partial charge on any atom is 0.343 e. The molecule has 0 unspecified atom stereocenters. The van der Waals surface area contributed by atoms with Crippen LogP contribution >= 0.6 is 0 Å². The predicted molar refractivity (Wildman–Crippen MR) is 179 cm³/mol. The van der Waals surface area contributed by atoms with Crippen LogP contribution in [0.4, 0.5) is 0 Å². The van der Waals surface area contributed by atoms with Gasteiger partial charge in [-0.1, -0.05) is 133 Å². The van der Waals surface area contributed by atoms with Gasteiger partial charge in [0.1, 0.15) is 18.1 Å². The molecule has 0 heterocycles. The Morgan fingerprint density at radius 3 is 1.75 bits per heavy atom. The van der Waals surface area contributed by atoms with E-state index in [0.717, 1.165) is 23.3 Å². The molecule has 44 heavy (non-hydrogen) atoms. The Bertz CT molecular complexity index is 1220. The van der Waals surface area contributed by atoms with Crippen LogP contribution in [0.5, 0.6) is 11.5 Å².